The number of rotatable bonds is 6. The topological polar surface area (TPSA) is 87.7 Å². The van der Waals surface area contributed by atoms with Crippen LogP contribution in [0, 0.1) is 5.92 Å². The third-order valence-electron chi connectivity index (χ3n) is 3.65. The van der Waals surface area contributed by atoms with Gasteiger partial charge in [0.05, 0.1) is 12.0 Å². The second-order valence-corrected chi connectivity index (χ2v) is 5.12. The van der Waals surface area contributed by atoms with Crippen molar-refractivity contribution >= 4 is 12.0 Å². The minimum atomic E-state index is -0.726. The van der Waals surface area contributed by atoms with E-state index >= 15 is 0 Å². The Morgan fingerprint density at radius 1 is 1.32 bits per heavy atom. The van der Waals surface area contributed by atoms with Gasteiger partial charge >= 0.3 is 12.0 Å². The number of carboxylic acid groups (broad SMARTS) is 1. The second-order valence-electron chi connectivity index (χ2n) is 5.12. The lowest BCUT2D eigenvalue weighted by molar-refractivity contribution is -0.142. The van der Waals surface area contributed by atoms with E-state index in [4.69, 9.17) is 9.84 Å². The van der Waals surface area contributed by atoms with E-state index in [0.717, 1.165) is 19.3 Å². The Morgan fingerprint density at radius 3 is 2.47 bits per heavy atom. The van der Waals surface area contributed by atoms with Crippen LogP contribution in [0.3, 0.4) is 0 Å². The lowest BCUT2D eigenvalue weighted by Gasteiger charge is -2.26. The molecule has 0 aromatic carbocycles. The van der Waals surface area contributed by atoms with Crippen LogP contribution in [0.4, 0.5) is 4.79 Å². The Hall–Kier alpha value is -1.30. The molecule has 1 rings (SSSR count). The van der Waals surface area contributed by atoms with Gasteiger partial charge in [0.2, 0.25) is 0 Å². The number of hydrogen-bond donors (Lipinski definition) is 3. The SMILES string of the molecule is COC(C)CCNC(=O)NC1CCC(C(=O)O)CC1. The average molecular weight is 272 g/mol. The molecular formula is C13H24N2O4. The predicted octanol–water partition coefficient (Wildman–Crippen LogP) is 1.35. The van der Waals surface area contributed by atoms with E-state index in [2.05, 4.69) is 10.6 Å². The maximum atomic E-state index is 11.6. The molecule has 1 aliphatic carbocycles. The molecule has 1 atom stereocenters. The van der Waals surface area contributed by atoms with Gasteiger partial charge in [0.1, 0.15) is 0 Å². The Labute approximate surface area is 113 Å². The molecule has 0 aromatic heterocycles. The quantitative estimate of drug-likeness (QED) is 0.681. The first-order chi connectivity index (χ1) is 9.02. The highest BCUT2D eigenvalue weighted by molar-refractivity contribution is 5.74. The van der Waals surface area contributed by atoms with Gasteiger partial charge in [-0.3, -0.25) is 4.79 Å². The summed E-state index contributed by atoms with van der Waals surface area (Å²) in [5, 5.41) is 14.6. The van der Waals surface area contributed by atoms with Crippen LogP contribution in [0.5, 0.6) is 0 Å². The number of urea groups is 1. The Morgan fingerprint density at radius 2 is 1.95 bits per heavy atom. The molecule has 0 bridgehead atoms. The molecular weight excluding hydrogens is 248 g/mol. The van der Waals surface area contributed by atoms with Crippen LogP contribution < -0.4 is 10.6 Å². The monoisotopic (exact) mass is 272 g/mol. The molecule has 1 aliphatic rings. The van der Waals surface area contributed by atoms with Gasteiger partial charge in [-0.25, -0.2) is 4.79 Å². The predicted molar refractivity (Wildman–Crippen MR) is 71.0 cm³/mol. The van der Waals surface area contributed by atoms with E-state index in [1.165, 1.54) is 0 Å². The van der Waals surface area contributed by atoms with Crippen molar-refractivity contribution in [1.29, 1.82) is 0 Å². The zero-order valence-corrected chi connectivity index (χ0v) is 11.6. The molecule has 2 amide bonds. The Balaban J connectivity index is 2.15. The van der Waals surface area contributed by atoms with Crippen LogP contribution in [0.25, 0.3) is 0 Å². The molecule has 1 fully saturated rings. The van der Waals surface area contributed by atoms with Crippen molar-refractivity contribution in [2.75, 3.05) is 13.7 Å². The first kappa shape index (κ1) is 15.8. The number of methoxy groups -OCH3 is 1. The number of carboxylic acids is 1. The van der Waals surface area contributed by atoms with Gasteiger partial charge in [0.15, 0.2) is 0 Å². The van der Waals surface area contributed by atoms with Crippen molar-refractivity contribution in [3.05, 3.63) is 0 Å². The summed E-state index contributed by atoms with van der Waals surface area (Å²) in [5.41, 5.74) is 0. The molecule has 0 radical (unpaired) electrons. The molecule has 1 saturated carbocycles. The largest absolute Gasteiger partial charge is 0.481 e. The zero-order chi connectivity index (χ0) is 14.3. The summed E-state index contributed by atoms with van der Waals surface area (Å²) in [6.07, 6.45) is 3.65. The molecule has 0 aliphatic heterocycles. The molecule has 1 unspecified atom stereocenters. The van der Waals surface area contributed by atoms with E-state index in [0.29, 0.717) is 19.4 Å². The summed E-state index contributed by atoms with van der Waals surface area (Å²) in [5.74, 6) is -0.972. The maximum absolute atomic E-state index is 11.6. The van der Waals surface area contributed by atoms with Gasteiger partial charge in [0.25, 0.3) is 0 Å². The van der Waals surface area contributed by atoms with E-state index < -0.39 is 5.97 Å². The van der Waals surface area contributed by atoms with Crippen LogP contribution in [-0.4, -0.2) is 42.9 Å². The molecule has 0 spiro atoms. The van der Waals surface area contributed by atoms with Crippen LogP contribution >= 0.6 is 0 Å². The molecule has 6 heteroatoms. The molecule has 110 valence electrons. The minimum absolute atomic E-state index is 0.0930. The van der Waals surface area contributed by atoms with Crippen LogP contribution in [0.2, 0.25) is 0 Å². The number of ether oxygens (including phenoxy) is 1. The Bertz CT molecular complexity index is 301. The van der Waals surface area contributed by atoms with Crippen LogP contribution in [0.15, 0.2) is 0 Å². The van der Waals surface area contributed by atoms with E-state index in [-0.39, 0.29) is 24.1 Å². The number of amides is 2. The molecule has 0 aromatic rings. The van der Waals surface area contributed by atoms with Gasteiger partial charge in [-0.15, -0.1) is 0 Å². The highest BCUT2D eigenvalue weighted by Gasteiger charge is 2.26. The number of hydrogen-bond acceptors (Lipinski definition) is 3. The van der Waals surface area contributed by atoms with Gasteiger partial charge in [-0.2, -0.15) is 0 Å². The third kappa shape index (κ3) is 5.92. The van der Waals surface area contributed by atoms with Crippen molar-refractivity contribution in [2.45, 2.75) is 51.2 Å². The summed E-state index contributed by atoms with van der Waals surface area (Å²) in [4.78, 5) is 22.4. The molecule has 6 nitrogen and oxygen atoms in total. The summed E-state index contributed by atoms with van der Waals surface area (Å²) in [6.45, 7) is 2.53. The van der Waals surface area contributed by atoms with Crippen molar-refractivity contribution in [3.63, 3.8) is 0 Å². The van der Waals surface area contributed by atoms with Gasteiger partial charge < -0.3 is 20.5 Å². The van der Waals surface area contributed by atoms with Crippen molar-refractivity contribution in [3.8, 4) is 0 Å². The molecule has 0 heterocycles. The van der Waals surface area contributed by atoms with Crippen molar-refractivity contribution in [1.82, 2.24) is 10.6 Å². The fourth-order valence-electron chi connectivity index (χ4n) is 2.23. The third-order valence-corrected chi connectivity index (χ3v) is 3.65. The lowest BCUT2D eigenvalue weighted by Crippen LogP contribution is -2.44. The number of nitrogens with one attached hydrogen (secondary N) is 2. The fraction of sp³-hybridized carbons (Fsp3) is 0.846. The van der Waals surface area contributed by atoms with Gasteiger partial charge in [-0.05, 0) is 39.0 Å². The van der Waals surface area contributed by atoms with Gasteiger partial charge in [0, 0.05) is 19.7 Å². The first-order valence-corrected chi connectivity index (χ1v) is 6.83. The smallest absolute Gasteiger partial charge is 0.315 e. The molecule has 3 N–H and O–H groups in total. The van der Waals surface area contributed by atoms with Crippen LogP contribution in [0.1, 0.15) is 39.0 Å². The van der Waals surface area contributed by atoms with Crippen molar-refractivity contribution < 1.29 is 19.4 Å². The molecule has 19 heavy (non-hydrogen) atoms. The highest BCUT2D eigenvalue weighted by Crippen LogP contribution is 2.24. The summed E-state index contributed by atoms with van der Waals surface area (Å²) >= 11 is 0. The normalized spacial score (nSPS) is 24.5. The fourth-order valence-corrected chi connectivity index (χ4v) is 2.23. The highest BCUT2D eigenvalue weighted by atomic mass is 16.5. The summed E-state index contributed by atoms with van der Waals surface area (Å²) in [6, 6.07) is -0.0856. The minimum Gasteiger partial charge on any atom is -0.481 e. The van der Waals surface area contributed by atoms with Gasteiger partial charge in [-0.1, -0.05) is 0 Å². The lowest BCUT2D eigenvalue weighted by atomic mass is 9.86. The van der Waals surface area contributed by atoms with Crippen molar-refractivity contribution in [2.24, 2.45) is 5.92 Å². The first-order valence-electron chi connectivity index (χ1n) is 6.83. The second kappa shape index (κ2) is 7.99. The summed E-state index contributed by atoms with van der Waals surface area (Å²) < 4.78 is 5.09. The summed E-state index contributed by atoms with van der Waals surface area (Å²) in [7, 11) is 1.64. The molecule has 0 saturated heterocycles. The van der Waals surface area contributed by atoms with E-state index in [1.807, 2.05) is 6.92 Å². The zero-order valence-electron chi connectivity index (χ0n) is 11.6. The number of aliphatic carboxylic acids is 1. The van der Waals surface area contributed by atoms with E-state index in [1.54, 1.807) is 7.11 Å². The standard InChI is InChI=1S/C13H24N2O4/c1-9(19-2)7-8-14-13(18)15-11-5-3-10(4-6-11)12(16)17/h9-11H,3-8H2,1-2H3,(H,16,17)(H2,14,15,18). The Kier molecular flexibility index (Phi) is 6.62. The van der Waals surface area contributed by atoms with E-state index in [9.17, 15) is 9.59 Å². The maximum Gasteiger partial charge on any atom is 0.315 e. The number of carbonyl (C=O) groups is 2. The average Bonchev–Trinajstić information content (AvgIpc) is 2.39. The number of carbonyl (C=O) groups excluding carboxylic acids is 1. The van der Waals surface area contributed by atoms with Crippen LogP contribution in [-0.2, 0) is 9.53 Å².